The summed E-state index contributed by atoms with van der Waals surface area (Å²) >= 11 is 0. The fourth-order valence-corrected chi connectivity index (χ4v) is 4.15. The molecule has 2 aromatic rings. The minimum absolute atomic E-state index is 0.0523. The topological polar surface area (TPSA) is 95.2 Å². The van der Waals surface area contributed by atoms with Crippen molar-refractivity contribution < 1.29 is 9.53 Å². The monoisotopic (exact) mass is 474 g/mol. The van der Waals surface area contributed by atoms with E-state index in [9.17, 15) is 4.79 Å². The van der Waals surface area contributed by atoms with Crippen LogP contribution in [0.1, 0.15) is 18.4 Å². The molecule has 0 spiro atoms. The zero-order chi connectivity index (χ0) is 24.7. The quantitative estimate of drug-likeness (QED) is 0.510. The van der Waals surface area contributed by atoms with E-state index in [1.54, 1.807) is 12.4 Å². The number of aliphatic imine (C=N–C) groups is 1. The highest BCUT2D eigenvalue weighted by Gasteiger charge is 2.29. The fourth-order valence-electron chi connectivity index (χ4n) is 4.15. The molecule has 8 nitrogen and oxygen atoms in total. The number of hydrogen-bond acceptors (Lipinski definition) is 7. The molecule has 1 amide bonds. The molecule has 2 aliphatic rings. The number of rotatable bonds is 8. The third kappa shape index (κ3) is 6.71. The molecule has 0 radical (unpaired) electrons. The van der Waals surface area contributed by atoms with Gasteiger partial charge in [0.15, 0.2) is 5.66 Å². The summed E-state index contributed by atoms with van der Waals surface area (Å²) in [5.74, 6) is 2.35. The van der Waals surface area contributed by atoms with Gasteiger partial charge in [-0.1, -0.05) is 36.4 Å². The lowest BCUT2D eigenvalue weighted by molar-refractivity contribution is -0.127. The van der Waals surface area contributed by atoms with Gasteiger partial charge in [-0.05, 0) is 56.8 Å². The number of nitrogens with zero attached hydrogens (tertiary/aromatic N) is 3. The first-order valence-electron chi connectivity index (χ1n) is 11.9. The molecule has 4 N–H and O–H groups in total. The first-order chi connectivity index (χ1) is 16.9. The van der Waals surface area contributed by atoms with Crippen LogP contribution in [0.3, 0.4) is 0 Å². The third-order valence-corrected chi connectivity index (χ3v) is 5.98. The van der Waals surface area contributed by atoms with Gasteiger partial charge in [0.05, 0.1) is 6.34 Å². The van der Waals surface area contributed by atoms with Crippen LogP contribution in [0.4, 0.5) is 0 Å². The molecular weight excluding hydrogens is 440 g/mol. The van der Waals surface area contributed by atoms with Crippen LogP contribution in [0.25, 0.3) is 0 Å². The van der Waals surface area contributed by atoms with Crippen molar-refractivity contribution in [3.05, 3.63) is 84.2 Å². The minimum Gasteiger partial charge on any atom is -0.457 e. The zero-order valence-electron chi connectivity index (χ0n) is 20.4. The van der Waals surface area contributed by atoms with Gasteiger partial charge < -0.3 is 25.2 Å². The molecule has 2 unspecified atom stereocenters. The van der Waals surface area contributed by atoms with Crippen LogP contribution < -0.4 is 21.1 Å². The van der Waals surface area contributed by atoms with E-state index in [1.807, 2.05) is 90.6 Å². The summed E-state index contributed by atoms with van der Waals surface area (Å²) in [5, 5.41) is 6.67. The summed E-state index contributed by atoms with van der Waals surface area (Å²) in [6.07, 6.45) is 9.00. The van der Waals surface area contributed by atoms with Crippen molar-refractivity contribution in [1.82, 2.24) is 20.4 Å². The van der Waals surface area contributed by atoms with Crippen LogP contribution >= 0.6 is 0 Å². The molecule has 1 fully saturated rings. The van der Waals surface area contributed by atoms with Crippen molar-refractivity contribution in [1.29, 1.82) is 0 Å². The average molecular weight is 475 g/mol. The van der Waals surface area contributed by atoms with Crippen molar-refractivity contribution in [3.8, 4) is 11.5 Å². The number of likely N-dealkylation sites (tertiary alicyclic amines) is 1. The molecule has 8 heteroatoms. The van der Waals surface area contributed by atoms with Crippen LogP contribution in [0.15, 0.2) is 83.6 Å². The Morgan fingerprint density at radius 2 is 1.97 bits per heavy atom. The summed E-state index contributed by atoms with van der Waals surface area (Å²) in [6.45, 7) is 2.16. The Hall–Kier alpha value is -3.62. The zero-order valence-corrected chi connectivity index (χ0v) is 20.4. The Bertz CT molecular complexity index is 1080. The molecule has 1 saturated heterocycles. The molecule has 2 atom stereocenters. The number of likely N-dealkylation sites (N-methyl/N-ethyl adjacent to an activating group) is 1. The normalized spacial score (nSPS) is 22.1. The second-order valence-electron chi connectivity index (χ2n) is 9.16. The number of hydrogen-bond donors (Lipinski definition) is 3. The molecule has 0 bridgehead atoms. The lowest BCUT2D eigenvalue weighted by atomic mass is 9.99. The van der Waals surface area contributed by atoms with E-state index in [2.05, 4.69) is 15.6 Å². The number of carbonyl (C=O) groups is 1. The Morgan fingerprint density at radius 1 is 1.23 bits per heavy atom. The second kappa shape index (κ2) is 11.2. The summed E-state index contributed by atoms with van der Waals surface area (Å²) in [5.41, 5.74) is 6.51. The molecular formula is C27H34N6O2. The van der Waals surface area contributed by atoms with E-state index in [1.165, 1.54) is 0 Å². The Balaban J connectivity index is 1.38. The Labute approximate surface area is 207 Å². The number of carbonyl (C=O) groups excluding carboxylic acids is 1. The lowest BCUT2D eigenvalue weighted by Crippen LogP contribution is -2.50. The fraction of sp³-hybridized carbons (Fsp3) is 0.333. The van der Waals surface area contributed by atoms with E-state index < -0.39 is 5.66 Å². The van der Waals surface area contributed by atoms with Crippen molar-refractivity contribution >= 4 is 12.2 Å². The molecule has 2 heterocycles. The molecule has 0 aromatic heterocycles. The molecule has 4 rings (SSSR count). The molecule has 0 aliphatic carbocycles. The standard InChI is InChI=1S/C27H34N6O2/c1-32(2)16-7-11-26(34)33-17-6-8-22(19-33)31-25-18-27(28,30-20-29-25)21-12-14-24(15-13-21)35-23-9-4-3-5-10-23/h3-5,7,9-15,18,20,22,31H,6,8,16-17,19,28H2,1-2H3,(H,29,30)/b11-7+. The lowest BCUT2D eigenvalue weighted by Gasteiger charge is -2.35. The van der Waals surface area contributed by atoms with Gasteiger partial charge >= 0.3 is 0 Å². The second-order valence-corrected chi connectivity index (χ2v) is 9.16. The number of benzene rings is 2. The number of ether oxygens (including phenoxy) is 1. The molecule has 2 aromatic carbocycles. The van der Waals surface area contributed by atoms with Crippen LogP contribution in [0, 0.1) is 0 Å². The van der Waals surface area contributed by atoms with Crippen LogP contribution in [-0.4, -0.2) is 61.8 Å². The van der Waals surface area contributed by atoms with Crippen LogP contribution in [0.2, 0.25) is 0 Å². The predicted octanol–water partition coefficient (Wildman–Crippen LogP) is 2.76. The first kappa shape index (κ1) is 24.5. The number of nitrogens with two attached hydrogens (primary N) is 1. The van der Waals surface area contributed by atoms with Gasteiger partial charge in [0.1, 0.15) is 17.3 Å². The van der Waals surface area contributed by atoms with Gasteiger partial charge in [-0.25, -0.2) is 4.99 Å². The highest BCUT2D eigenvalue weighted by atomic mass is 16.5. The predicted molar refractivity (Wildman–Crippen MR) is 139 cm³/mol. The third-order valence-electron chi connectivity index (χ3n) is 5.98. The summed E-state index contributed by atoms with van der Waals surface area (Å²) in [4.78, 5) is 21.0. The SMILES string of the molecule is CN(C)C/C=C/C(=O)N1CCCC(NC2=CC(N)(c3ccc(Oc4ccccc4)cc3)N=CN2)C1. The van der Waals surface area contributed by atoms with Crippen LogP contribution in [-0.2, 0) is 10.5 Å². The van der Waals surface area contributed by atoms with Gasteiger partial charge in [0.25, 0.3) is 0 Å². The molecule has 0 saturated carbocycles. The summed E-state index contributed by atoms with van der Waals surface area (Å²) in [7, 11) is 3.96. The maximum atomic E-state index is 12.6. The van der Waals surface area contributed by atoms with E-state index in [4.69, 9.17) is 10.5 Å². The van der Waals surface area contributed by atoms with E-state index in [0.29, 0.717) is 6.54 Å². The van der Waals surface area contributed by atoms with Crippen molar-refractivity contribution in [3.63, 3.8) is 0 Å². The smallest absolute Gasteiger partial charge is 0.246 e. The molecule has 184 valence electrons. The Morgan fingerprint density at radius 3 is 2.71 bits per heavy atom. The highest BCUT2D eigenvalue weighted by Crippen LogP contribution is 2.28. The van der Waals surface area contributed by atoms with Crippen molar-refractivity contribution in [2.75, 3.05) is 33.7 Å². The Kier molecular flexibility index (Phi) is 7.84. The van der Waals surface area contributed by atoms with Gasteiger partial charge in [-0.15, -0.1) is 0 Å². The van der Waals surface area contributed by atoms with Gasteiger partial charge in [-0.3, -0.25) is 10.5 Å². The molecule has 2 aliphatic heterocycles. The summed E-state index contributed by atoms with van der Waals surface area (Å²) in [6, 6.07) is 17.4. The van der Waals surface area contributed by atoms with Gasteiger partial charge in [0, 0.05) is 37.8 Å². The average Bonchev–Trinajstić information content (AvgIpc) is 2.85. The van der Waals surface area contributed by atoms with Crippen LogP contribution in [0.5, 0.6) is 11.5 Å². The number of piperidine rings is 1. The van der Waals surface area contributed by atoms with Crippen molar-refractivity contribution in [2.24, 2.45) is 10.7 Å². The highest BCUT2D eigenvalue weighted by molar-refractivity contribution is 5.87. The van der Waals surface area contributed by atoms with E-state index in [0.717, 1.165) is 48.8 Å². The first-order valence-corrected chi connectivity index (χ1v) is 11.9. The minimum atomic E-state index is -1.00. The maximum Gasteiger partial charge on any atom is 0.246 e. The van der Waals surface area contributed by atoms with Crippen molar-refractivity contribution in [2.45, 2.75) is 24.5 Å². The van der Waals surface area contributed by atoms with Gasteiger partial charge in [0.2, 0.25) is 5.91 Å². The number of para-hydroxylation sites is 1. The van der Waals surface area contributed by atoms with E-state index >= 15 is 0 Å². The largest absolute Gasteiger partial charge is 0.457 e. The number of nitrogens with one attached hydrogen (secondary N) is 2. The van der Waals surface area contributed by atoms with Gasteiger partial charge in [-0.2, -0.15) is 0 Å². The molecule has 35 heavy (non-hydrogen) atoms. The summed E-state index contributed by atoms with van der Waals surface area (Å²) < 4.78 is 5.88. The van der Waals surface area contributed by atoms with E-state index in [-0.39, 0.29) is 11.9 Å². The maximum absolute atomic E-state index is 12.6. The number of amides is 1.